The molecule has 9 heteroatoms. The Morgan fingerprint density at radius 2 is 1.71 bits per heavy atom. The van der Waals surface area contributed by atoms with Crippen LogP contribution in [0, 0.1) is 6.92 Å². The van der Waals surface area contributed by atoms with Crippen LogP contribution in [0.15, 0.2) is 53.4 Å². The number of anilines is 1. The van der Waals surface area contributed by atoms with Crippen LogP contribution in [-0.4, -0.2) is 59.0 Å². The van der Waals surface area contributed by atoms with Crippen LogP contribution >= 0.6 is 11.8 Å². The van der Waals surface area contributed by atoms with Gasteiger partial charge in [0.2, 0.25) is 5.91 Å². The molecule has 0 spiro atoms. The van der Waals surface area contributed by atoms with E-state index in [9.17, 15) is 19.2 Å². The number of hydrogen-bond acceptors (Lipinski definition) is 6. The monoisotopic (exact) mass is 479 g/mol. The number of rotatable bonds is 7. The van der Waals surface area contributed by atoms with E-state index in [-0.39, 0.29) is 29.9 Å². The third kappa shape index (κ3) is 5.85. The molecule has 2 fully saturated rings. The number of imide groups is 1. The summed E-state index contributed by atoms with van der Waals surface area (Å²) in [4.78, 5) is 52.3. The molecule has 2 aliphatic heterocycles. The summed E-state index contributed by atoms with van der Waals surface area (Å²) < 4.78 is 5.53. The van der Waals surface area contributed by atoms with Crippen molar-refractivity contribution in [3.63, 3.8) is 0 Å². The van der Waals surface area contributed by atoms with Crippen molar-refractivity contribution in [1.29, 1.82) is 0 Å². The van der Waals surface area contributed by atoms with Crippen molar-refractivity contribution in [2.24, 2.45) is 0 Å². The van der Waals surface area contributed by atoms with E-state index in [1.807, 2.05) is 31.2 Å². The van der Waals surface area contributed by atoms with Gasteiger partial charge in [0.05, 0.1) is 4.91 Å². The molecular weight excluding hydrogens is 454 g/mol. The average molecular weight is 480 g/mol. The maximum absolute atomic E-state index is 12.7. The molecule has 176 valence electrons. The van der Waals surface area contributed by atoms with Gasteiger partial charge in [-0.15, -0.1) is 0 Å². The summed E-state index contributed by atoms with van der Waals surface area (Å²) in [6.45, 7) is 2.95. The van der Waals surface area contributed by atoms with Crippen molar-refractivity contribution in [3.8, 4) is 5.75 Å². The Kier molecular flexibility index (Phi) is 7.32. The van der Waals surface area contributed by atoms with Gasteiger partial charge >= 0.3 is 0 Å². The van der Waals surface area contributed by atoms with E-state index in [0.717, 1.165) is 35.1 Å². The number of nitrogens with zero attached hydrogens (tertiary/aromatic N) is 2. The third-order valence-electron chi connectivity index (χ3n) is 5.51. The molecule has 4 rings (SSSR count). The van der Waals surface area contributed by atoms with Gasteiger partial charge in [-0.25, -0.2) is 0 Å². The van der Waals surface area contributed by atoms with E-state index in [1.165, 1.54) is 0 Å². The van der Waals surface area contributed by atoms with Gasteiger partial charge in [-0.3, -0.25) is 24.1 Å². The minimum Gasteiger partial charge on any atom is -0.484 e. The maximum Gasteiger partial charge on any atom is 0.294 e. The first-order chi connectivity index (χ1) is 16.4. The molecule has 0 saturated carbocycles. The fourth-order valence-corrected chi connectivity index (χ4v) is 4.47. The molecular formula is C25H25N3O5S. The van der Waals surface area contributed by atoms with E-state index < -0.39 is 11.1 Å². The number of carbonyl (C=O) groups is 4. The molecule has 0 atom stereocenters. The number of carbonyl (C=O) groups excluding carboxylic acids is 4. The number of amides is 4. The summed E-state index contributed by atoms with van der Waals surface area (Å²) in [5, 5.41) is 2.32. The fourth-order valence-electron chi connectivity index (χ4n) is 3.63. The number of likely N-dealkylation sites (tertiary alicyclic amines) is 1. The first kappa shape index (κ1) is 23.6. The van der Waals surface area contributed by atoms with E-state index in [1.54, 1.807) is 35.2 Å². The van der Waals surface area contributed by atoms with Crippen LogP contribution in [0.5, 0.6) is 5.75 Å². The number of aryl methyl sites for hydroxylation is 1. The summed E-state index contributed by atoms with van der Waals surface area (Å²) in [7, 11) is 0. The highest BCUT2D eigenvalue weighted by Gasteiger charge is 2.37. The lowest BCUT2D eigenvalue weighted by atomic mass is 10.2. The smallest absolute Gasteiger partial charge is 0.294 e. The molecule has 2 heterocycles. The topological polar surface area (TPSA) is 96.0 Å². The summed E-state index contributed by atoms with van der Waals surface area (Å²) in [6, 6.07) is 14.3. The van der Waals surface area contributed by atoms with Crippen LogP contribution in [0.25, 0.3) is 6.08 Å². The van der Waals surface area contributed by atoms with E-state index >= 15 is 0 Å². The highest BCUT2D eigenvalue weighted by molar-refractivity contribution is 8.18. The highest BCUT2D eigenvalue weighted by Crippen LogP contribution is 2.32. The second kappa shape index (κ2) is 10.6. The molecule has 0 bridgehead atoms. The second-order valence-corrected chi connectivity index (χ2v) is 9.12. The van der Waals surface area contributed by atoms with Crippen molar-refractivity contribution >= 4 is 46.5 Å². The van der Waals surface area contributed by atoms with Gasteiger partial charge in [0, 0.05) is 18.8 Å². The van der Waals surface area contributed by atoms with E-state index in [0.29, 0.717) is 30.1 Å². The average Bonchev–Trinajstić information content (AvgIpc) is 3.45. The van der Waals surface area contributed by atoms with Crippen molar-refractivity contribution in [3.05, 3.63) is 64.6 Å². The number of hydrogen-bond donors (Lipinski definition) is 1. The summed E-state index contributed by atoms with van der Waals surface area (Å²) >= 11 is 0.825. The molecule has 1 N–H and O–H groups in total. The number of ether oxygens (including phenoxy) is 1. The Labute approximate surface area is 201 Å². The molecule has 4 amide bonds. The lowest BCUT2D eigenvalue weighted by Gasteiger charge is -2.18. The molecule has 0 radical (unpaired) electrons. The Bertz CT molecular complexity index is 1120. The standard InChI is InChI=1S/C25H25N3O5S/c1-17-4-8-19(9-5-17)26-22(29)16-33-20-10-6-18(7-11-20)14-21-24(31)28(25(32)34-21)15-23(30)27-12-2-3-13-27/h4-11,14H,2-3,12-13,15-16H2,1H3,(H,26,29)/b21-14+. The predicted octanol–water partition coefficient (Wildman–Crippen LogP) is 3.67. The zero-order chi connectivity index (χ0) is 24.1. The zero-order valence-corrected chi connectivity index (χ0v) is 19.6. The largest absolute Gasteiger partial charge is 0.484 e. The summed E-state index contributed by atoms with van der Waals surface area (Å²) in [5.41, 5.74) is 2.51. The molecule has 8 nitrogen and oxygen atoms in total. The van der Waals surface area contributed by atoms with E-state index in [2.05, 4.69) is 5.32 Å². The minimum atomic E-state index is -0.462. The van der Waals surface area contributed by atoms with Crippen LogP contribution < -0.4 is 10.1 Å². The minimum absolute atomic E-state index is 0.142. The molecule has 0 aliphatic carbocycles. The molecule has 2 saturated heterocycles. The van der Waals surface area contributed by atoms with Crippen LogP contribution in [0.4, 0.5) is 10.5 Å². The van der Waals surface area contributed by atoms with Gasteiger partial charge in [-0.05, 0) is 67.4 Å². The fraction of sp³-hybridized carbons (Fsp3) is 0.280. The second-order valence-electron chi connectivity index (χ2n) is 8.13. The van der Waals surface area contributed by atoms with Crippen LogP contribution in [-0.2, 0) is 14.4 Å². The van der Waals surface area contributed by atoms with Crippen LogP contribution in [0.1, 0.15) is 24.0 Å². The number of thioether (sulfide) groups is 1. The predicted molar refractivity (Wildman–Crippen MR) is 130 cm³/mol. The number of benzene rings is 2. The lowest BCUT2D eigenvalue weighted by molar-refractivity contribution is -0.135. The summed E-state index contributed by atoms with van der Waals surface area (Å²) in [6.07, 6.45) is 3.51. The zero-order valence-electron chi connectivity index (χ0n) is 18.8. The van der Waals surface area contributed by atoms with Gasteiger partial charge in [0.1, 0.15) is 12.3 Å². The highest BCUT2D eigenvalue weighted by atomic mass is 32.2. The number of nitrogens with one attached hydrogen (secondary N) is 1. The van der Waals surface area contributed by atoms with Crippen molar-refractivity contribution in [2.45, 2.75) is 19.8 Å². The maximum atomic E-state index is 12.7. The molecule has 0 aromatic heterocycles. The first-order valence-corrected chi connectivity index (χ1v) is 11.8. The molecule has 2 aliphatic rings. The van der Waals surface area contributed by atoms with Gasteiger partial charge in [-0.1, -0.05) is 29.8 Å². The van der Waals surface area contributed by atoms with Gasteiger partial charge in [-0.2, -0.15) is 0 Å². The summed E-state index contributed by atoms with van der Waals surface area (Å²) in [5.74, 6) is -0.435. The van der Waals surface area contributed by atoms with E-state index in [4.69, 9.17) is 4.74 Å². The van der Waals surface area contributed by atoms with Gasteiger partial charge in [0.15, 0.2) is 6.61 Å². The quantitative estimate of drug-likeness (QED) is 0.609. The molecule has 34 heavy (non-hydrogen) atoms. The molecule has 2 aromatic rings. The SMILES string of the molecule is Cc1ccc(NC(=O)COc2ccc(/C=C3/SC(=O)N(CC(=O)N4CCCC4)C3=O)cc2)cc1. The molecule has 0 unspecified atom stereocenters. The van der Waals surface area contributed by atoms with Crippen LogP contribution in [0.2, 0.25) is 0 Å². The first-order valence-electron chi connectivity index (χ1n) is 11.0. The van der Waals surface area contributed by atoms with Gasteiger partial charge in [0.25, 0.3) is 17.1 Å². The Morgan fingerprint density at radius 3 is 2.38 bits per heavy atom. The Morgan fingerprint density at radius 1 is 1.03 bits per heavy atom. The van der Waals surface area contributed by atoms with Gasteiger partial charge < -0.3 is 15.0 Å². The third-order valence-corrected chi connectivity index (χ3v) is 6.42. The normalized spacial score (nSPS) is 16.9. The van der Waals surface area contributed by atoms with Crippen LogP contribution in [0.3, 0.4) is 0 Å². The lowest BCUT2D eigenvalue weighted by Crippen LogP contribution is -2.40. The Hall–Kier alpha value is -3.59. The van der Waals surface area contributed by atoms with Crippen molar-refractivity contribution in [2.75, 3.05) is 31.6 Å². The molecule has 2 aromatic carbocycles. The van der Waals surface area contributed by atoms with Crippen molar-refractivity contribution in [1.82, 2.24) is 9.80 Å². The Balaban J connectivity index is 1.30. The van der Waals surface area contributed by atoms with Crippen molar-refractivity contribution < 1.29 is 23.9 Å².